The third kappa shape index (κ3) is 3.26. The average Bonchev–Trinajstić information content (AvgIpc) is 2.38. The van der Waals surface area contributed by atoms with E-state index in [0.29, 0.717) is 11.6 Å². The van der Waals surface area contributed by atoms with Crippen molar-refractivity contribution < 1.29 is 4.39 Å². The number of nitrogens with one attached hydrogen (secondary N) is 1. The van der Waals surface area contributed by atoms with Gasteiger partial charge in [0, 0.05) is 5.69 Å². The summed E-state index contributed by atoms with van der Waals surface area (Å²) in [6.45, 7) is 3.79. The van der Waals surface area contributed by atoms with E-state index in [4.69, 9.17) is 0 Å². The number of nitriles is 1. The standard InChI is InChI=1S/C16H21FN2/c1-12-8-14(17)10-15(9-12)19-16(2,11-18)13-6-4-3-5-7-13/h8-10,13,19H,3-7H2,1-2H3. The molecule has 0 saturated heterocycles. The fourth-order valence-electron chi connectivity index (χ4n) is 3.01. The van der Waals surface area contributed by atoms with E-state index < -0.39 is 5.54 Å². The Morgan fingerprint density at radius 2 is 1.95 bits per heavy atom. The Balaban J connectivity index is 2.19. The first-order valence-electron chi connectivity index (χ1n) is 7.00. The molecule has 1 N–H and O–H groups in total. The quantitative estimate of drug-likeness (QED) is 0.873. The molecule has 1 aliphatic rings. The van der Waals surface area contributed by atoms with E-state index in [1.54, 1.807) is 0 Å². The van der Waals surface area contributed by atoms with Gasteiger partial charge in [0.25, 0.3) is 0 Å². The van der Waals surface area contributed by atoms with Crippen LogP contribution in [0.2, 0.25) is 0 Å². The fourth-order valence-corrected chi connectivity index (χ4v) is 3.01. The number of benzene rings is 1. The lowest BCUT2D eigenvalue weighted by atomic mass is 9.76. The van der Waals surface area contributed by atoms with Gasteiger partial charge in [0.2, 0.25) is 0 Å². The summed E-state index contributed by atoms with van der Waals surface area (Å²) in [5.41, 5.74) is 0.958. The van der Waals surface area contributed by atoms with E-state index in [1.165, 1.54) is 31.4 Å². The molecule has 0 radical (unpaired) electrons. The number of aryl methyl sites for hydroxylation is 1. The Bertz CT molecular complexity index is 466. The zero-order chi connectivity index (χ0) is 13.9. The van der Waals surface area contributed by atoms with Crippen molar-refractivity contribution in [2.24, 2.45) is 5.92 Å². The average molecular weight is 260 g/mol. The highest BCUT2D eigenvalue weighted by molar-refractivity contribution is 5.50. The van der Waals surface area contributed by atoms with Crippen LogP contribution in [0.3, 0.4) is 0 Å². The van der Waals surface area contributed by atoms with Gasteiger partial charge in [-0.25, -0.2) is 4.39 Å². The van der Waals surface area contributed by atoms with Gasteiger partial charge in [-0.05, 0) is 56.4 Å². The first kappa shape index (κ1) is 13.9. The molecule has 1 fully saturated rings. The van der Waals surface area contributed by atoms with Crippen LogP contribution < -0.4 is 5.32 Å². The zero-order valence-corrected chi connectivity index (χ0v) is 11.7. The lowest BCUT2D eigenvalue weighted by Gasteiger charge is -2.36. The number of anilines is 1. The number of hydrogen-bond acceptors (Lipinski definition) is 2. The van der Waals surface area contributed by atoms with Crippen LogP contribution in [0.4, 0.5) is 10.1 Å². The van der Waals surface area contributed by atoms with Crippen molar-refractivity contribution in [1.82, 2.24) is 0 Å². The summed E-state index contributed by atoms with van der Waals surface area (Å²) in [4.78, 5) is 0. The molecule has 1 unspecified atom stereocenters. The SMILES string of the molecule is Cc1cc(F)cc(NC(C)(C#N)C2CCCCC2)c1. The number of hydrogen-bond donors (Lipinski definition) is 1. The van der Waals surface area contributed by atoms with Gasteiger partial charge in [0.15, 0.2) is 0 Å². The molecule has 0 bridgehead atoms. The highest BCUT2D eigenvalue weighted by atomic mass is 19.1. The fraction of sp³-hybridized carbons (Fsp3) is 0.562. The molecule has 2 nitrogen and oxygen atoms in total. The van der Waals surface area contributed by atoms with Crippen molar-refractivity contribution in [3.05, 3.63) is 29.6 Å². The van der Waals surface area contributed by atoms with Crippen molar-refractivity contribution in [3.8, 4) is 6.07 Å². The Morgan fingerprint density at radius 3 is 2.53 bits per heavy atom. The first-order valence-corrected chi connectivity index (χ1v) is 7.00. The van der Waals surface area contributed by atoms with Crippen molar-refractivity contribution in [2.45, 2.75) is 51.5 Å². The van der Waals surface area contributed by atoms with Crippen molar-refractivity contribution in [3.63, 3.8) is 0 Å². The number of halogens is 1. The van der Waals surface area contributed by atoms with Gasteiger partial charge in [0.05, 0.1) is 6.07 Å². The molecule has 0 amide bonds. The van der Waals surface area contributed by atoms with Crippen LogP contribution >= 0.6 is 0 Å². The lowest BCUT2D eigenvalue weighted by molar-refractivity contribution is 0.286. The third-order valence-corrected chi connectivity index (χ3v) is 4.10. The number of nitrogens with zero attached hydrogens (tertiary/aromatic N) is 1. The van der Waals surface area contributed by atoms with Crippen LogP contribution in [0.15, 0.2) is 18.2 Å². The maximum absolute atomic E-state index is 13.4. The molecular formula is C16H21FN2. The van der Waals surface area contributed by atoms with E-state index in [-0.39, 0.29) is 5.82 Å². The summed E-state index contributed by atoms with van der Waals surface area (Å²) in [5.74, 6) is 0.0845. The van der Waals surface area contributed by atoms with Crippen LogP contribution in [0.25, 0.3) is 0 Å². The van der Waals surface area contributed by atoms with Crippen LogP contribution in [0.1, 0.15) is 44.6 Å². The van der Waals surface area contributed by atoms with Crippen LogP contribution in [0, 0.1) is 30.0 Å². The summed E-state index contributed by atoms with van der Waals surface area (Å²) in [7, 11) is 0. The van der Waals surface area contributed by atoms with Crippen molar-refractivity contribution in [2.75, 3.05) is 5.32 Å². The van der Waals surface area contributed by atoms with Crippen molar-refractivity contribution in [1.29, 1.82) is 5.26 Å². The van der Waals surface area contributed by atoms with Crippen LogP contribution in [0.5, 0.6) is 0 Å². The summed E-state index contributed by atoms with van der Waals surface area (Å²) in [6.07, 6.45) is 5.78. The Hall–Kier alpha value is -1.56. The summed E-state index contributed by atoms with van der Waals surface area (Å²) >= 11 is 0. The largest absolute Gasteiger partial charge is 0.367 e. The predicted molar refractivity (Wildman–Crippen MR) is 75.4 cm³/mol. The van der Waals surface area contributed by atoms with Gasteiger partial charge in [-0.1, -0.05) is 19.3 Å². The summed E-state index contributed by atoms with van der Waals surface area (Å²) < 4.78 is 13.4. The topological polar surface area (TPSA) is 35.8 Å². The highest BCUT2D eigenvalue weighted by Gasteiger charge is 2.35. The van der Waals surface area contributed by atoms with Crippen molar-refractivity contribution >= 4 is 5.69 Å². The normalized spacial score (nSPS) is 19.5. The monoisotopic (exact) mass is 260 g/mol. The molecule has 0 heterocycles. The lowest BCUT2D eigenvalue weighted by Crippen LogP contribution is -2.42. The van der Waals surface area contributed by atoms with E-state index in [2.05, 4.69) is 11.4 Å². The van der Waals surface area contributed by atoms with Gasteiger partial charge in [0.1, 0.15) is 11.4 Å². The maximum Gasteiger partial charge on any atom is 0.125 e. The van der Waals surface area contributed by atoms with Gasteiger partial charge in [-0.3, -0.25) is 0 Å². The van der Waals surface area contributed by atoms with E-state index in [9.17, 15) is 9.65 Å². The maximum atomic E-state index is 13.4. The van der Waals surface area contributed by atoms with Crippen LogP contribution in [-0.2, 0) is 0 Å². The molecule has 1 aliphatic carbocycles. The highest BCUT2D eigenvalue weighted by Crippen LogP contribution is 2.34. The minimum atomic E-state index is -0.610. The first-order chi connectivity index (χ1) is 9.03. The molecule has 3 heteroatoms. The second-order valence-electron chi connectivity index (χ2n) is 5.79. The molecule has 2 rings (SSSR count). The Morgan fingerprint density at radius 1 is 1.26 bits per heavy atom. The van der Waals surface area contributed by atoms with Crippen LogP contribution in [-0.4, -0.2) is 5.54 Å². The predicted octanol–water partition coefficient (Wildman–Crippen LogP) is 4.41. The second-order valence-corrected chi connectivity index (χ2v) is 5.79. The zero-order valence-electron chi connectivity index (χ0n) is 11.7. The number of rotatable bonds is 3. The molecule has 102 valence electrons. The minimum absolute atomic E-state index is 0.258. The van der Waals surface area contributed by atoms with E-state index in [0.717, 1.165) is 18.4 Å². The molecular weight excluding hydrogens is 239 g/mol. The molecule has 1 aromatic rings. The summed E-state index contributed by atoms with van der Waals surface area (Å²) in [5, 5.41) is 12.8. The minimum Gasteiger partial charge on any atom is -0.367 e. The molecule has 1 saturated carbocycles. The molecule has 0 aromatic heterocycles. The van der Waals surface area contributed by atoms with Gasteiger partial charge in [-0.2, -0.15) is 5.26 Å². The molecule has 0 spiro atoms. The van der Waals surface area contributed by atoms with E-state index in [1.807, 2.05) is 19.9 Å². The molecule has 0 aliphatic heterocycles. The third-order valence-electron chi connectivity index (χ3n) is 4.10. The van der Waals surface area contributed by atoms with Gasteiger partial charge >= 0.3 is 0 Å². The van der Waals surface area contributed by atoms with E-state index >= 15 is 0 Å². The molecule has 1 aromatic carbocycles. The smallest absolute Gasteiger partial charge is 0.125 e. The second kappa shape index (κ2) is 5.61. The summed E-state index contributed by atoms with van der Waals surface area (Å²) in [6, 6.07) is 7.25. The Kier molecular flexibility index (Phi) is 4.09. The van der Waals surface area contributed by atoms with Gasteiger partial charge < -0.3 is 5.32 Å². The van der Waals surface area contributed by atoms with Gasteiger partial charge in [-0.15, -0.1) is 0 Å². The molecule has 1 atom stereocenters. The Labute approximate surface area is 114 Å². The molecule has 19 heavy (non-hydrogen) atoms.